The van der Waals surface area contributed by atoms with Gasteiger partial charge in [0.25, 0.3) is 0 Å². The van der Waals surface area contributed by atoms with Crippen molar-refractivity contribution >= 4 is 17.4 Å². The normalized spacial score (nSPS) is 27.5. The molecule has 1 aromatic carbocycles. The van der Waals surface area contributed by atoms with E-state index in [0.717, 1.165) is 11.8 Å². The first-order valence-corrected chi connectivity index (χ1v) is 10.0. The zero-order valence-corrected chi connectivity index (χ0v) is 14.1. The van der Waals surface area contributed by atoms with E-state index in [4.69, 9.17) is 0 Å². The summed E-state index contributed by atoms with van der Waals surface area (Å²) in [4.78, 5) is 1.39. The zero-order chi connectivity index (χ0) is 14.5. The minimum absolute atomic E-state index is 0.704. The van der Waals surface area contributed by atoms with E-state index in [-0.39, 0.29) is 0 Å². The van der Waals surface area contributed by atoms with Gasteiger partial charge in [0.1, 0.15) is 0 Å². The van der Waals surface area contributed by atoms with Crippen LogP contribution in [0, 0.1) is 11.8 Å². The largest absolute Gasteiger partial charge is 0.381 e. The molecule has 21 heavy (non-hydrogen) atoms. The highest BCUT2D eigenvalue weighted by atomic mass is 32.2. The standard InChI is InChI=1S/C19H29NS/c1-21-19-14-8-7-13-18(19)20-17-12-6-5-11-16(17)15-9-3-2-4-10-15/h7-8,13-17,20H,2-6,9-12H2,1H3. The van der Waals surface area contributed by atoms with Crippen molar-refractivity contribution in [1.29, 1.82) is 0 Å². The summed E-state index contributed by atoms with van der Waals surface area (Å²) in [6, 6.07) is 9.52. The summed E-state index contributed by atoms with van der Waals surface area (Å²) in [7, 11) is 0. The third-order valence-corrected chi connectivity index (χ3v) is 6.32. The molecule has 1 N–H and O–H groups in total. The van der Waals surface area contributed by atoms with E-state index in [1.165, 1.54) is 68.4 Å². The first kappa shape index (κ1) is 15.3. The van der Waals surface area contributed by atoms with Gasteiger partial charge in [-0.3, -0.25) is 0 Å². The van der Waals surface area contributed by atoms with Crippen molar-refractivity contribution in [3.8, 4) is 0 Å². The smallest absolute Gasteiger partial charge is 0.0480 e. The molecule has 0 spiro atoms. The van der Waals surface area contributed by atoms with Crippen molar-refractivity contribution in [2.24, 2.45) is 11.8 Å². The highest BCUT2D eigenvalue weighted by Gasteiger charge is 2.32. The molecule has 116 valence electrons. The molecule has 2 fully saturated rings. The number of hydrogen-bond acceptors (Lipinski definition) is 2. The van der Waals surface area contributed by atoms with Crippen LogP contribution in [-0.2, 0) is 0 Å². The Labute approximate surface area is 134 Å². The third kappa shape index (κ3) is 3.77. The fourth-order valence-corrected chi connectivity index (χ4v) is 4.99. The molecule has 2 heteroatoms. The minimum atomic E-state index is 0.704. The number of para-hydroxylation sites is 1. The van der Waals surface area contributed by atoms with Gasteiger partial charge in [0.15, 0.2) is 0 Å². The highest BCUT2D eigenvalue weighted by Crippen LogP contribution is 2.40. The molecule has 3 rings (SSSR count). The maximum atomic E-state index is 3.93. The molecule has 2 unspecified atom stereocenters. The Balaban J connectivity index is 1.71. The molecule has 2 atom stereocenters. The van der Waals surface area contributed by atoms with Gasteiger partial charge in [0.2, 0.25) is 0 Å². The summed E-state index contributed by atoms with van der Waals surface area (Å²) < 4.78 is 0. The zero-order valence-electron chi connectivity index (χ0n) is 13.3. The lowest BCUT2D eigenvalue weighted by Gasteiger charge is -2.40. The molecule has 0 aliphatic heterocycles. The Hall–Kier alpha value is -0.630. The molecule has 2 saturated carbocycles. The highest BCUT2D eigenvalue weighted by molar-refractivity contribution is 7.98. The molecule has 0 saturated heterocycles. The van der Waals surface area contributed by atoms with Gasteiger partial charge < -0.3 is 5.32 Å². The predicted octanol–water partition coefficient (Wildman–Crippen LogP) is 5.96. The van der Waals surface area contributed by atoms with Crippen LogP contribution in [0.2, 0.25) is 0 Å². The molecule has 0 bridgehead atoms. The predicted molar refractivity (Wildman–Crippen MR) is 94.2 cm³/mol. The Bertz CT molecular complexity index is 439. The van der Waals surface area contributed by atoms with E-state index >= 15 is 0 Å². The molecular formula is C19H29NS. The molecule has 0 radical (unpaired) electrons. The maximum Gasteiger partial charge on any atom is 0.0480 e. The van der Waals surface area contributed by atoms with Crippen LogP contribution in [0.5, 0.6) is 0 Å². The monoisotopic (exact) mass is 303 g/mol. The number of thioether (sulfide) groups is 1. The molecule has 1 aromatic rings. The second-order valence-electron chi connectivity index (χ2n) is 6.80. The van der Waals surface area contributed by atoms with Crippen molar-refractivity contribution < 1.29 is 0 Å². The Morgan fingerprint density at radius 2 is 1.62 bits per heavy atom. The Morgan fingerprint density at radius 3 is 2.43 bits per heavy atom. The fraction of sp³-hybridized carbons (Fsp3) is 0.684. The summed E-state index contributed by atoms with van der Waals surface area (Å²) in [5.74, 6) is 1.90. The lowest BCUT2D eigenvalue weighted by molar-refractivity contribution is 0.180. The first-order chi connectivity index (χ1) is 10.4. The molecule has 0 heterocycles. The van der Waals surface area contributed by atoms with E-state index in [0.29, 0.717) is 6.04 Å². The molecular weight excluding hydrogens is 274 g/mol. The van der Waals surface area contributed by atoms with Gasteiger partial charge >= 0.3 is 0 Å². The van der Waals surface area contributed by atoms with Gasteiger partial charge in [0.05, 0.1) is 0 Å². The lowest BCUT2D eigenvalue weighted by atomic mass is 9.71. The van der Waals surface area contributed by atoms with E-state index < -0.39 is 0 Å². The van der Waals surface area contributed by atoms with Gasteiger partial charge in [-0.15, -0.1) is 11.8 Å². The molecule has 1 nitrogen and oxygen atoms in total. The van der Waals surface area contributed by atoms with Crippen molar-refractivity contribution in [3.63, 3.8) is 0 Å². The van der Waals surface area contributed by atoms with Gasteiger partial charge in [-0.05, 0) is 43.1 Å². The Morgan fingerprint density at radius 1 is 0.905 bits per heavy atom. The van der Waals surface area contributed by atoms with E-state index in [9.17, 15) is 0 Å². The SMILES string of the molecule is CSc1ccccc1NC1CCCCC1C1CCCCC1. The lowest BCUT2D eigenvalue weighted by Crippen LogP contribution is -2.37. The van der Waals surface area contributed by atoms with Crippen molar-refractivity contribution in [2.75, 3.05) is 11.6 Å². The molecule has 0 amide bonds. The number of rotatable bonds is 4. The van der Waals surface area contributed by atoms with Crippen LogP contribution in [0.25, 0.3) is 0 Å². The van der Waals surface area contributed by atoms with E-state index in [1.807, 2.05) is 11.8 Å². The van der Waals surface area contributed by atoms with Crippen LogP contribution in [-0.4, -0.2) is 12.3 Å². The van der Waals surface area contributed by atoms with Crippen LogP contribution in [0.3, 0.4) is 0 Å². The van der Waals surface area contributed by atoms with E-state index in [1.54, 1.807) is 0 Å². The third-order valence-electron chi connectivity index (χ3n) is 5.52. The van der Waals surface area contributed by atoms with Gasteiger partial charge in [-0.2, -0.15) is 0 Å². The van der Waals surface area contributed by atoms with Crippen LogP contribution < -0.4 is 5.32 Å². The summed E-state index contributed by atoms with van der Waals surface area (Å²) in [5.41, 5.74) is 1.36. The van der Waals surface area contributed by atoms with Crippen molar-refractivity contribution in [3.05, 3.63) is 24.3 Å². The summed E-state index contributed by atoms with van der Waals surface area (Å²) >= 11 is 1.86. The second-order valence-corrected chi connectivity index (χ2v) is 7.65. The molecule has 2 aliphatic rings. The van der Waals surface area contributed by atoms with Crippen LogP contribution >= 0.6 is 11.8 Å². The number of anilines is 1. The molecule has 2 aliphatic carbocycles. The summed E-state index contributed by atoms with van der Waals surface area (Å²) in [6.07, 6.45) is 15.2. The van der Waals surface area contributed by atoms with Crippen molar-refractivity contribution in [2.45, 2.75) is 68.7 Å². The quantitative estimate of drug-likeness (QED) is 0.689. The fourth-order valence-electron chi connectivity index (χ4n) is 4.43. The summed E-state index contributed by atoms with van der Waals surface area (Å²) in [6.45, 7) is 0. The number of benzene rings is 1. The average Bonchev–Trinajstić information content (AvgIpc) is 2.57. The van der Waals surface area contributed by atoms with Crippen LogP contribution in [0.15, 0.2) is 29.2 Å². The maximum absolute atomic E-state index is 3.93. The number of nitrogens with one attached hydrogen (secondary N) is 1. The summed E-state index contributed by atoms with van der Waals surface area (Å²) in [5, 5.41) is 3.93. The topological polar surface area (TPSA) is 12.0 Å². The van der Waals surface area contributed by atoms with Gasteiger partial charge in [-0.1, -0.05) is 57.1 Å². The Kier molecular flexibility index (Phi) is 5.51. The van der Waals surface area contributed by atoms with E-state index in [2.05, 4.69) is 35.8 Å². The average molecular weight is 304 g/mol. The van der Waals surface area contributed by atoms with Crippen LogP contribution in [0.4, 0.5) is 5.69 Å². The van der Waals surface area contributed by atoms with Gasteiger partial charge in [0, 0.05) is 16.6 Å². The molecule has 0 aromatic heterocycles. The van der Waals surface area contributed by atoms with Gasteiger partial charge in [-0.25, -0.2) is 0 Å². The number of hydrogen-bond donors (Lipinski definition) is 1. The first-order valence-electron chi connectivity index (χ1n) is 8.78. The van der Waals surface area contributed by atoms with Crippen molar-refractivity contribution in [1.82, 2.24) is 0 Å². The van der Waals surface area contributed by atoms with Crippen LogP contribution in [0.1, 0.15) is 57.8 Å². The second kappa shape index (κ2) is 7.58. The minimum Gasteiger partial charge on any atom is -0.381 e.